The summed E-state index contributed by atoms with van der Waals surface area (Å²) in [5, 5.41) is 4.56. The van der Waals surface area contributed by atoms with Crippen molar-refractivity contribution in [2.24, 2.45) is 0 Å². The standard InChI is InChI=1S/C20H20Cl3NO2/c1-26-18-8-6-14(12-17(18)23)24-19(25)20(9-3-2-4-10-20)15-7-5-13(21)11-16(15)22/h5-8,11-12H,2-4,9-10H2,1H3,(H,24,25). The van der Waals surface area contributed by atoms with E-state index in [0.717, 1.165) is 37.7 Å². The van der Waals surface area contributed by atoms with Gasteiger partial charge >= 0.3 is 0 Å². The van der Waals surface area contributed by atoms with Crippen LogP contribution in [0.25, 0.3) is 0 Å². The molecule has 6 heteroatoms. The van der Waals surface area contributed by atoms with Crippen molar-refractivity contribution in [2.45, 2.75) is 37.5 Å². The highest BCUT2D eigenvalue weighted by atomic mass is 35.5. The minimum absolute atomic E-state index is 0.0670. The lowest BCUT2D eigenvalue weighted by Gasteiger charge is -2.37. The van der Waals surface area contributed by atoms with E-state index in [1.54, 1.807) is 37.4 Å². The van der Waals surface area contributed by atoms with Gasteiger partial charge in [0.1, 0.15) is 5.75 Å². The van der Waals surface area contributed by atoms with Gasteiger partial charge in [-0.25, -0.2) is 0 Å². The Hall–Kier alpha value is -1.42. The van der Waals surface area contributed by atoms with E-state index in [9.17, 15) is 4.79 Å². The number of methoxy groups -OCH3 is 1. The van der Waals surface area contributed by atoms with E-state index >= 15 is 0 Å². The van der Waals surface area contributed by atoms with Crippen molar-refractivity contribution < 1.29 is 9.53 Å². The minimum Gasteiger partial charge on any atom is -0.495 e. The van der Waals surface area contributed by atoms with E-state index in [1.165, 1.54) is 0 Å². The molecular weight excluding hydrogens is 393 g/mol. The summed E-state index contributed by atoms with van der Waals surface area (Å²) in [6.07, 6.45) is 4.59. The first-order valence-corrected chi connectivity index (χ1v) is 9.70. The first kappa shape index (κ1) is 19.3. The van der Waals surface area contributed by atoms with Gasteiger partial charge in [-0.05, 0) is 48.7 Å². The second-order valence-corrected chi connectivity index (χ2v) is 7.82. The second kappa shape index (κ2) is 8.08. The van der Waals surface area contributed by atoms with Crippen LogP contribution in [0.4, 0.5) is 5.69 Å². The fourth-order valence-electron chi connectivity index (χ4n) is 3.65. The Morgan fingerprint density at radius 1 is 1.00 bits per heavy atom. The quantitative estimate of drug-likeness (QED) is 0.622. The predicted octanol–water partition coefficient (Wildman–Crippen LogP) is 6.50. The number of halogens is 3. The van der Waals surface area contributed by atoms with Crippen LogP contribution in [0.1, 0.15) is 37.7 Å². The molecule has 1 N–H and O–H groups in total. The summed E-state index contributed by atoms with van der Waals surface area (Å²) in [5.41, 5.74) is 0.808. The van der Waals surface area contributed by atoms with Gasteiger partial charge in [-0.1, -0.05) is 60.1 Å². The molecule has 0 aliphatic heterocycles. The smallest absolute Gasteiger partial charge is 0.235 e. The van der Waals surface area contributed by atoms with E-state index < -0.39 is 5.41 Å². The molecule has 0 unspecified atom stereocenters. The Morgan fingerprint density at radius 3 is 2.35 bits per heavy atom. The summed E-state index contributed by atoms with van der Waals surface area (Å²) in [5.74, 6) is 0.500. The summed E-state index contributed by atoms with van der Waals surface area (Å²) < 4.78 is 5.16. The van der Waals surface area contributed by atoms with Crippen molar-refractivity contribution in [3.63, 3.8) is 0 Å². The Bertz CT molecular complexity index is 817. The first-order valence-electron chi connectivity index (χ1n) is 8.57. The third kappa shape index (κ3) is 3.80. The zero-order valence-corrected chi connectivity index (χ0v) is 16.7. The molecule has 0 atom stereocenters. The van der Waals surface area contributed by atoms with E-state index in [4.69, 9.17) is 39.5 Å². The van der Waals surface area contributed by atoms with E-state index in [0.29, 0.717) is 26.5 Å². The molecule has 1 aliphatic carbocycles. The molecule has 1 saturated carbocycles. The van der Waals surface area contributed by atoms with Gasteiger partial charge < -0.3 is 10.1 Å². The maximum atomic E-state index is 13.3. The first-order chi connectivity index (χ1) is 12.5. The van der Waals surface area contributed by atoms with Crippen LogP contribution in [-0.2, 0) is 10.2 Å². The number of hydrogen-bond acceptors (Lipinski definition) is 2. The zero-order valence-electron chi connectivity index (χ0n) is 14.5. The molecule has 0 bridgehead atoms. The Labute approximate surface area is 168 Å². The molecule has 2 aromatic carbocycles. The number of benzene rings is 2. The highest BCUT2D eigenvalue weighted by molar-refractivity contribution is 6.35. The number of ether oxygens (including phenoxy) is 1. The molecule has 0 aromatic heterocycles. The van der Waals surface area contributed by atoms with Gasteiger partial charge in [0.15, 0.2) is 0 Å². The Morgan fingerprint density at radius 2 is 1.73 bits per heavy atom. The minimum atomic E-state index is -0.660. The average molecular weight is 413 g/mol. The maximum absolute atomic E-state index is 13.3. The van der Waals surface area contributed by atoms with Crippen LogP contribution in [0, 0.1) is 0 Å². The molecule has 1 amide bonds. The van der Waals surface area contributed by atoms with Gasteiger partial charge in [-0.2, -0.15) is 0 Å². The molecule has 2 aromatic rings. The summed E-state index contributed by atoms with van der Waals surface area (Å²) in [6, 6.07) is 10.6. The molecule has 1 aliphatic rings. The van der Waals surface area contributed by atoms with Crippen LogP contribution in [0.2, 0.25) is 15.1 Å². The summed E-state index contributed by atoms with van der Waals surface area (Å²) in [7, 11) is 1.55. The van der Waals surface area contributed by atoms with E-state index in [2.05, 4.69) is 5.32 Å². The lowest BCUT2D eigenvalue weighted by molar-refractivity contribution is -0.122. The van der Waals surface area contributed by atoms with Crippen LogP contribution in [0.5, 0.6) is 5.75 Å². The number of carbonyl (C=O) groups is 1. The third-order valence-corrected chi connectivity index (χ3v) is 5.84. The van der Waals surface area contributed by atoms with Gasteiger partial charge in [-0.3, -0.25) is 4.79 Å². The van der Waals surface area contributed by atoms with Crippen molar-refractivity contribution in [1.82, 2.24) is 0 Å². The SMILES string of the molecule is COc1ccc(NC(=O)C2(c3ccc(Cl)cc3Cl)CCCCC2)cc1Cl. The number of nitrogens with one attached hydrogen (secondary N) is 1. The second-order valence-electron chi connectivity index (χ2n) is 6.57. The highest BCUT2D eigenvalue weighted by Gasteiger charge is 2.42. The maximum Gasteiger partial charge on any atom is 0.235 e. The van der Waals surface area contributed by atoms with Crippen LogP contribution < -0.4 is 10.1 Å². The molecule has 1 fully saturated rings. The largest absolute Gasteiger partial charge is 0.495 e. The number of carbonyl (C=O) groups excluding carboxylic acids is 1. The van der Waals surface area contributed by atoms with Gasteiger partial charge in [0, 0.05) is 15.7 Å². The van der Waals surface area contributed by atoms with Crippen molar-refractivity contribution >= 4 is 46.4 Å². The fourth-order valence-corrected chi connectivity index (χ4v) is 4.49. The lowest BCUT2D eigenvalue weighted by Crippen LogP contribution is -2.42. The number of hydrogen-bond donors (Lipinski definition) is 1. The Balaban J connectivity index is 1.95. The van der Waals surface area contributed by atoms with Crippen LogP contribution in [0.3, 0.4) is 0 Å². The van der Waals surface area contributed by atoms with Crippen molar-refractivity contribution in [1.29, 1.82) is 0 Å². The monoisotopic (exact) mass is 411 g/mol. The van der Waals surface area contributed by atoms with Gasteiger partial charge in [0.05, 0.1) is 17.5 Å². The molecule has 0 radical (unpaired) electrons. The van der Waals surface area contributed by atoms with Crippen LogP contribution in [0.15, 0.2) is 36.4 Å². The molecule has 138 valence electrons. The summed E-state index contributed by atoms with van der Waals surface area (Å²) in [6.45, 7) is 0. The zero-order chi connectivity index (χ0) is 18.7. The van der Waals surface area contributed by atoms with Crippen molar-refractivity contribution in [3.8, 4) is 5.75 Å². The number of anilines is 1. The summed E-state index contributed by atoms with van der Waals surface area (Å²) in [4.78, 5) is 13.3. The van der Waals surface area contributed by atoms with Gasteiger partial charge in [0.2, 0.25) is 5.91 Å². The molecule has 0 spiro atoms. The molecule has 26 heavy (non-hydrogen) atoms. The van der Waals surface area contributed by atoms with E-state index in [-0.39, 0.29) is 5.91 Å². The highest BCUT2D eigenvalue weighted by Crippen LogP contribution is 2.44. The molecular formula is C20H20Cl3NO2. The van der Waals surface area contributed by atoms with Crippen LogP contribution >= 0.6 is 34.8 Å². The topological polar surface area (TPSA) is 38.3 Å². The normalized spacial score (nSPS) is 16.2. The Kier molecular flexibility index (Phi) is 6.01. The van der Waals surface area contributed by atoms with Gasteiger partial charge in [-0.15, -0.1) is 0 Å². The molecule has 3 nitrogen and oxygen atoms in total. The predicted molar refractivity (Wildman–Crippen MR) is 108 cm³/mol. The molecule has 0 saturated heterocycles. The number of amides is 1. The number of rotatable bonds is 4. The van der Waals surface area contributed by atoms with Crippen molar-refractivity contribution in [3.05, 3.63) is 57.0 Å². The molecule has 0 heterocycles. The van der Waals surface area contributed by atoms with Crippen LogP contribution in [-0.4, -0.2) is 13.0 Å². The summed E-state index contributed by atoms with van der Waals surface area (Å²) >= 11 is 18.7. The lowest BCUT2D eigenvalue weighted by atomic mass is 9.68. The van der Waals surface area contributed by atoms with E-state index in [1.807, 2.05) is 6.07 Å². The van der Waals surface area contributed by atoms with Gasteiger partial charge in [0.25, 0.3) is 0 Å². The average Bonchev–Trinajstić information content (AvgIpc) is 2.62. The fraction of sp³-hybridized carbons (Fsp3) is 0.350. The third-order valence-electron chi connectivity index (χ3n) is 5.00. The van der Waals surface area contributed by atoms with Crippen molar-refractivity contribution in [2.75, 3.05) is 12.4 Å². The molecule has 3 rings (SSSR count).